The third kappa shape index (κ3) is 7.44. The van der Waals surface area contributed by atoms with Crippen LogP contribution in [0.3, 0.4) is 0 Å². The maximum absolute atomic E-state index is 11.8. The summed E-state index contributed by atoms with van der Waals surface area (Å²) in [5.41, 5.74) is 0. The first kappa shape index (κ1) is 17.4. The van der Waals surface area contributed by atoms with Gasteiger partial charge >= 0.3 is 5.97 Å². The van der Waals surface area contributed by atoms with Gasteiger partial charge < -0.3 is 9.64 Å². The lowest BCUT2D eigenvalue weighted by molar-refractivity contribution is -0.140. The molecule has 0 saturated carbocycles. The largest absolute Gasteiger partial charge is 0.461 e. The van der Waals surface area contributed by atoms with Crippen molar-refractivity contribution in [1.82, 2.24) is 4.90 Å². The van der Waals surface area contributed by atoms with E-state index in [1.54, 1.807) is 4.90 Å². The molecule has 1 amide bonds. The topological polar surface area (TPSA) is 46.6 Å². The Morgan fingerprint density at radius 3 is 2.47 bits per heavy atom. The van der Waals surface area contributed by atoms with Gasteiger partial charge in [-0.15, -0.1) is 0 Å². The molecule has 0 aromatic heterocycles. The highest BCUT2D eigenvalue weighted by Crippen LogP contribution is 2.10. The molecule has 108 valence electrons. The summed E-state index contributed by atoms with van der Waals surface area (Å²) in [6.45, 7) is 11.5. The van der Waals surface area contributed by atoms with Gasteiger partial charge in [-0.2, -0.15) is 0 Å². The molecule has 0 bridgehead atoms. The van der Waals surface area contributed by atoms with E-state index in [0.29, 0.717) is 6.54 Å². The van der Waals surface area contributed by atoms with Gasteiger partial charge in [0.25, 0.3) is 0 Å². The number of hydrogen-bond donors (Lipinski definition) is 0. The fourth-order valence-corrected chi connectivity index (χ4v) is 1.81. The average Bonchev–Trinajstić information content (AvgIpc) is 2.42. The lowest BCUT2D eigenvalue weighted by Gasteiger charge is -2.28. The Morgan fingerprint density at radius 1 is 1.26 bits per heavy atom. The summed E-state index contributed by atoms with van der Waals surface area (Å²) < 4.78 is 4.91. The predicted molar refractivity (Wildman–Crippen MR) is 76.7 cm³/mol. The second-order valence-corrected chi connectivity index (χ2v) is 4.45. The maximum atomic E-state index is 11.8. The molecule has 4 nitrogen and oxygen atoms in total. The van der Waals surface area contributed by atoms with Crippen LogP contribution in [0.25, 0.3) is 0 Å². The molecule has 0 radical (unpaired) electrons. The van der Waals surface area contributed by atoms with E-state index in [4.69, 9.17) is 4.74 Å². The minimum absolute atomic E-state index is 0.125. The maximum Gasteiger partial charge on any atom is 0.330 e. The van der Waals surface area contributed by atoms with Crippen LogP contribution in [0.4, 0.5) is 0 Å². The van der Waals surface area contributed by atoms with Crippen molar-refractivity contribution in [2.75, 3.05) is 13.2 Å². The second kappa shape index (κ2) is 10.4. The van der Waals surface area contributed by atoms with Crippen LogP contribution in [-0.4, -0.2) is 36.0 Å². The van der Waals surface area contributed by atoms with Crippen LogP contribution >= 0.6 is 0 Å². The van der Waals surface area contributed by atoms with Crippen molar-refractivity contribution in [3.63, 3.8) is 0 Å². The molecule has 0 aromatic rings. The van der Waals surface area contributed by atoms with Crippen LogP contribution in [0.5, 0.6) is 0 Å². The van der Waals surface area contributed by atoms with E-state index in [1.807, 2.05) is 6.92 Å². The van der Waals surface area contributed by atoms with Crippen LogP contribution in [0.15, 0.2) is 25.3 Å². The smallest absolute Gasteiger partial charge is 0.330 e. The minimum Gasteiger partial charge on any atom is -0.461 e. The summed E-state index contributed by atoms with van der Waals surface area (Å²) in [4.78, 5) is 24.4. The first-order valence-electron chi connectivity index (χ1n) is 6.79. The third-order valence-electron chi connectivity index (χ3n) is 2.96. The summed E-state index contributed by atoms with van der Waals surface area (Å²) in [5, 5.41) is 0. The number of carbonyl (C=O) groups is 2. The van der Waals surface area contributed by atoms with Gasteiger partial charge in [0.15, 0.2) is 0 Å². The van der Waals surface area contributed by atoms with Gasteiger partial charge in [-0.25, -0.2) is 4.79 Å². The Hall–Kier alpha value is -1.58. The molecule has 1 unspecified atom stereocenters. The van der Waals surface area contributed by atoms with Crippen molar-refractivity contribution >= 4 is 11.9 Å². The monoisotopic (exact) mass is 267 g/mol. The number of ether oxygens (including phenoxy) is 1. The fraction of sp³-hybridized carbons (Fsp3) is 0.600. The molecule has 0 N–H and O–H groups in total. The average molecular weight is 267 g/mol. The van der Waals surface area contributed by atoms with E-state index in [-0.39, 0.29) is 18.6 Å². The minimum atomic E-state index is -0.468. The number of esters is 1. The van der Waals surface area contributed by atoms with Crippen molar-refractivity contribution in [2.45, 2.75) is 45.6 Å². The zero-order chi connectivity index (χ0) is 14.7. The predicted octanol–water partition coefficient (Wildman–Crippen LogP) is 2.70. The van der Waals surface area contributed by atoms with E-state index < -0.39 is 5.97 Å². The Morgan fingerprint density at radius 2 is 1.95 bits per heavy atom. The Labute approximate surface area is 116 Å². The van der Waals surface area contributed by atoms with Crippen molar-refractivity contribution in [3.8, 4) is 0 Å². The molecule has 0 aromatic carbocycles. The van der Waals surface area contributed by atoms with Crippen LogP contribution in [-0.2, 0) is 14.3 Å². The zero-order valence-electron chi connectivity index (χ0n) is 12.1. The highest BCUT2D eigenvalue weighted by Gasteiger charge is 2.17. The molecule has 0 aliphatic heterocycles. The van der Waals surface area contributed by atoms with Crippen molar-refractivity contribution < 1.29 is 14.3 Å². The summed E-state index contributed by atoms with van der Waals surface area (Å²) in [6.07, 6.45) is 6.76. The molecule has 0 spiro atoms. The molecule has 4 heteroatoms. The molecule has 0 rings (SSSR count). The van der Waals surface area contributed by atoms with Gasteiger partial charge in [0.05, 0.1) is 6.54 Å². The van der Waals surface area contributed by atoms with E-state index in [1.165, 1.54) is 6.08 Å². The first-order chi connectivity index (χ1) is 9.06. The van der Waals surface area contributed by atoms with E-state index in [0.717, 1.165) is 31.8 Å². The van der Waals surface area contributed by atoms with Gasteiger partial charge in [0, 0.05) is 12.1 Å². The second-order valence-electron chi connectivity index (χ2n) is 4.45. The highest BCUT2D eigenvalue weighted by atomic mass is 16.5. The van der Waals surface area contributed by atoms with Gasteiger partial charge in [0.2, 0.25) is 5.91 Å². The van der Waals surface area contributed by atoms with Crippen molar-refractivity contribution in [1.29, 1.82) is 0 Å². The Kier molecular flexibility index (Phi) is 9.49. The van der Waals surface area contributed by atoms with Gasteiger partial charge in [0.1, 0.15) is 6.61 Å². The first-order valence-corrected chi connectivity index (χ1v) is 6.79. The number of hydrogen-bond acceptors (Lipinski definition) is 3. The Bertz CT molecular complexity index is 313. The van der Waals surface area contributed by atoms with E-state index in [2.05, 4.69) is 20.1 Å². The normalized spacial score (nSPS) is 11.5. The van der Waals surface area contributed by atoms with Crippen LogP contribution in [0.1, 0.15) is 39.5 Å². The fourth-order valence-electron chi connectivity index (χ4n) is 1.81. The quantitative estimate of drug-likeness (QED) is 0.347. The number of rotatable bonds is 10. The number of nitrogens with zero attached hydrogens (tertiary/aromatic N) is 1. The number of unbranched alkanes of at least 4 members (excludes halogenated alkanes) is 2. The molecule has 0 saturated heterocycles. The molecule has 19 heavy (non-hydrogen) atoms. The standard InChI is InChI=1S/C15H25NO3/c1-5-8-9-10-13(4)16(14(17)6-2)11-12-19-15(18)7-3/h6-7,13H,2-3,5,8-12H2,1,4H3. The third-order valence-corrected chi connectivity index (χ3v) is 2.96. The summed E-state index contributed by atoms with van der Waals surface area (Å²) in [6, 6.07) is 0.125. The lowest BCUT2D eigenvalue weighted by atomic mass is 10.1. The van der Waals surface area contributed by atoms with E-state index in [9.17, 15) is 9.59 Å². The molecule has 1 atom stereocenters. The number of amides is 1. The molecular formula is C15H25NO3. The molecule has 0 aliphatic rings. The summed E-state index contributed by atoms with van der Waals surface area (Å²) >= 11 is 0. The SMILES string of the molecule is C=CC(=O)OCCN(C(=O)C=C)C(C)CCCCC. The molecule has 0 aliphatic carbocycles. The van der Waals surface area contributed by atoms with Gasteiger partial charge in [-0.1, -0.05) is 39.3 Å². The van der Waals surface area contributed by atoms with Crippen molar-refractivity contribution in [3.05, 3.63) is 25.3 Å². The molecule has 0 heterocycles. The van der Waals surface area contributed by atoms with Crippen LogP contribution in [0, 0.1) is 0 Å². The Balaban J connectivity index is 4.29. The van der Waals surface area contributed by atoms with Gasteiger partial charge in [-0.3, -0.25) is 4.79 Å². The number of carbonyl (C=O) groups excluding carboxylic acids is 2. The van der Waals surface area contributed by atoms with Crippen molar-refractivity contribution in [2.24, 2.45) is 0 Å². The highest BCUT2D eigenvalue weighted by molar-refractivity contribution is 5.87. The molecule has 0 fully saturated rings. The lowest BCUT2D eigenvalue weighted by Crippen LogP contribution is -2.40. The summed E-state index contributed by atoms with van der Waals surface area (Å²) in [7, 11) is 0. The molecular weight excluding hydrogens is 242 g/mol. The zero-order valence-corrected chi connectivity index (χ0v) is 12.1. The van der Waals surface area contributed by atoms with E-state index >= 15 is 0 Å². The van der Waals surface area contributed by atoms with Crippen LogP contribution < -0.4 is 0 Å². The van der Waals surface area contributed by atoms with Crippen LogP contribution in [0.2, 0.25) is 0 Å². The van der Waals surface area contributed by atoms with Gasteiger partial charge in [-0.05, 0) is 19.4 Å². The summed E-state index contributed by atoms with van der Waals surface area (Å²) in [5.74, 6) is -0.594.